The second-order valence-electron chi connectivity index (χ2n) is 6.35. The number of nitrogens with zero attached hydrogens (tertiary/aromatic N) is 2. The van der Waals surface area contributed by atoms with Crippen LogP contribution in [0.15, 0.2) is 12.1 Å². The minimum Gasteiger partial charge on any atom is -0.302 e. The van der Waals surface area contributed by atoms with Gasteiger partial charge in [0.25, 0.3) is 0 Å². The third kappa shape index (κ3) is 3.60. The smallest absolute Gasteiger partial charge is 0.229 e. The Morgan fingerprint density at radius 1 is 1.25 bits per heavy atom. The number of piperidine rings is 1. The summed E-state index contributed by atoms with van der Waals surface area (Å²) < 4.78 is 25.5. The zero-order chi connectivity index (χ0) is 17.5. The molecule has 8 heteroatoms. The molecule has 2 aromatic rings. The number of anilines is 1. The Kier molecular flexibility index (Phi) is 4.63. The Bertz CT molecular complexity index is 842. The van der Waals surface area contributed by atoms with Crippen molar-refractivity contribution in [2.45, 2.75) is 26.7 Å². The first-order valence-electron chi connectivity index (χ1n) is 7.88. The van der Waals surface area contributed by atoms with Gasteiger partial charge in [0.15, 0.2) is 5.13 Å². The van der Waals surface area contributed by atoms with Gasteiger partial charge in [0.05, 0.1) is 16.5 Å². The topological polar surface area (TPSA) is 79.4 Å². The van der Waals surface area contributed by atoms with E-state index in [0.717, 1.165) is 10.2 Å². The highest BCUT2D eigenvalue weighted by atomic mass is 32.2. The van der Waals surface area contributed by atoms with E-state index in [1.54, 1.807) is 0 Å². The largest absolute Gasteiger partial charge is 0.302 e. The normalized spacial score (nSPS) is 17.3. The minimum atomic E-state index is -3.17. The molecular weight excluding hydrogens is 346 g/mol. The van der Waals surface area contributed by atoms with Gasteiger partial charge in [-0.2, -0.15) is 0 Å². The molecule has 2 heterocycles. The highest BCUT2D eigenvalue weighted by molar-refractivity contribution is 7.88. The van der Waals surface area contributed by atoms with Crippen molar-refractivity contribution in [2.24, 2.45) is 5.92 Å². The second-order valence-corrected chi connectivity index (χ2v) is 9.36. The monoisotopic (exact) mass is 367 g/mol. The van der Waals surface area contributed by atoms with Gasteiger partial charge in [-0.25, -0.2) is 17.7 Å². The van der Waals surface area contributed by atoms with E-state index in [1.807, 2.05) is 13.0 Å². The van der Waals surface area contributed by atoms with Gasteiger partial charge in [0, 0.05) is 19.0 Å². The molecule has 24 heavy (non-hydrogen) atoms. The third-order valence-electron chi connectivity index (χ3n) is 4.53. The van der Waals surface area contributed by atoms with Crippen LogP contribution in [0.2, 0.25) is 0 Å². The van der Waals surface area contributed by atoms with Crippen molar-refractivity contribution in [3.63, 3.8) is 0 Å². The molecule has 0 atom stereocenters. The molecule has 1 amide bonds. The molecule has 1 aromatic heterocycles. The summed E-state index contributed by atoms with van der Waals surface area (Å²) in [5.74, 6) is -0.242. The molecule has 0 aliphatic carbocycles. The van der Waals surface area contributed by atoms with Crippen LogP contribution in [0, 0.1) is 19.8 Å². The van der Waals surface area contributed by atoms with E-state index in [2.05, 4.69) is 23.3 Å². The van der Waals surface area contributed by atoms with Crippen LogP contribution in [0.5, 0.6) is 0 Å². The lowest BCUT2D eigenvalue weighted by Crippen LogP contribution is -2.40. The molecule has 1 aromatic carbocycles. The number of hydrogen-bond acceptors (Lipinski definition) is 5. The molecule has 0 unspecified atom stereocenters. The van der Waals surface area contributed by atoms with Gasteiger partial charge in [-0.05, 0) is 49.9 Å². The summed E-state index contributed by atoms with van der Waals surface area (Å²) in [5, 5.41) is 3.50. The van der Waals surface area contributed by atoms with Crippen molar-refractivity contribution < 1.29 is 13.2 Å². The molecule has 6 nitrogen and oxygen atoms in total. The fourth-order valence-electron chi connectivity index (χ4n) is 2.89. The molecule has 0 spiro atoms. The number of nitrogens with one attached hydrogen (secondary N) is 1. The summed E-state index contributed by atoms with van der Waals surface area (Å²) in [7, 11) is -3.17. The van der Waals surface area contributed by atoms with E-state index < -0.39 is 10.0 Å². The summed E-state index contributed by atoms with van der Waals surface area (Å²) in [6, 6.07) is 4.12. The van der Waals surface area contributed by atoms with Crippen molar-refractivity contribution in [3.8, 4) is 0 Å². The van der Waals surface area contributed by atoms with Crippen LogP contribution in [0.4, 0.5) is 5.13 Å². The molecule has 3 rings (SSSR count). The van der Waals surface area contributed by atoms with Gasteiger partial charge in [0.1, 0.15) is 0 Å². The van der Waals surface area contributed by atoms with Gasteiger partial charge in [-0.15, -0.1) is 0 Å². The van der Waals surface area contributed by atoms with E-state index in [1.165, 1.54) is 33.0 Å². The average molecular weight is 367 g/mol. The van der Waals surface area contributed by atoms with Gasteiger partial charge in [0.2, 0.25) is 15.9 Å². The Labute approximate surface area is 145 Å². The Morgan fingerprint density at radius 2 is 1.88 bits per heavy atom. The third-order valence-corrected chi connectivity index (χ3v) is 6.76. The lowest BCUT2D eigenvalue weighted by Gasteiger charge is -2.29. The van der Waals surface area contributed by atoms with Crippen LogP contribution in [0.3, 0.4) is 0 Å². The Balaban J connectivity index is 1.67. The molecule has 1 N–H and O–H groups in total. The SMILES string of the molecule is Cc1cc2nc(NC(=O)C3CCN(S(C)(=O)=O)CC3)sc2cc1C. The van der Waals surface area contributed by atoms with Crippen LogP contribution >= 0.6 is 11.3 Å². The molecular formula is C16H21N3O3S2. The molecule has 0 saturated carbocycles. The fourth-order valence-corrected chi connectivity index (χ4v) is 4.71. The highest BCUT2D eigenvalue weighted by Crippen LogP contribution is 2.29. The summed E-state index contributed by atoms with van der Waals surface area (Å²) in [4.78, 5) is 16.9. The Morgan fingerprint density at radius 3 is 2.50 bits per heavy atom. The first kappa shape index (κ1) is 17.3. The van der Waals surface area contributed by atoms with Crippen LogP contribution in [0.1, 0.15) is 24.0 Å². The first-order valence-corrected chi connectivity index (χ1v) is 10.5. The summed E-state index contributed by atoms with van der Waals surface area (Å²) in [6.45, 7) is 4.90. The van der Waals surface area contributed by atoms with Gasteiger partial charge < -0.3 is 5.32 Å². The number of sulfonamides is 1. The van der Waals surface area contributed by atoms with Crippen LogP contribution in [-0.4, -0.2) is 43.0 Å². The number of aromatic nitrogens is 1. The average Bonchev–Trinajstić information content (AvgIpc) is 2.88. The number of benzene rings is 1. The predicted molar refractivity (Wildman–Crippen MR) is 96.9 cm³/mol. The summed E-state index contributed by atoms with van der Waals surface area (Å²) >= 11 is 1.47. The number of hydrogen-bond donors (Lipinski definition) is 1. The van der Waals surface area contributed by atoms with Gasteiger partial charge in [-0.3, -0.25) is 4.79 Å². The maximum Gasteiger partial charge on any atom is 0.229 e. The molecule has 1 aliphatic heterocycles. The van der Waals surface area contributed by atoms with E-state index in [9.17, 15) is 13.2 Å². The van der Waals surface area contributed by atoms with Crippen molar-refractivity contribution in [1.29, 1.82) is 0 Å². The van der Waals surface area contributed by atoms with E-state index >= 15 is 0 Å². The quantitative estimate of drug-likeness (QED) is 0.904. The number of aryl methyl sites for hydroxylation is 2. The summed E-state index contributed by atoms with van der Waals surface area (Å²) in [5.41, 5.74) is 3.28. The number of rotatable bonds is 3. The summed E-state index contributed by atoms with van der Waals surface area (Å²) in [6.07, 6.45) is 2.29. The molecule has 130 valence electrons. The maximum absolute atomic E-state index is 12.4. The zero-order valence-corrected chi connectivity index (χ0v) is 15.6. The van der Waals surface area contributed by atoms with E-state index in [4.69, 9.17) is 0 Å². The minimum absolute atomic E-state index is 0.0735. The maximum atomic E-state index is 12.4. The van der Waals surface area contributed by atoms with Crippen LogP contribution < -0.4 is 5.32 Å². The number of thiazole rings is 1. The molecule has 0 bridgehead atoms. The van der Waals surface area contributed by atoms with Crippen molar-refractivity contribution in [3.05, 3.63) is 23.3 Å². The highest BCUT2D eigenvalue weighted by Gasteiger charge is 2.29. The number of fused-ring (bicyclic) bond motifs is 1. The molecule has 1 fully saturated rings. The molecule has 1 aliphatic rings. The number of amides is 1. The fraction of sp³-hybridized carbons (Fsp3) is 0.500. The second kappa shape index (κ2) is 6.42. The Hall–Kier alpha value is -1.51. The van der Waals surface area contributed by atoms with Crippen molar-refractivity contribution in [2.75, 3.05) is 24.7 Å². The lowest BCUT2D eigenvalue weighted by atomic mass is 9.97. The number of carbonyl (C=O) groups excluding carboxylic acids is 1. The van der Waals surface area contributed by atoms with Gasteiger partial charge >= 0.3 is 0 Å². The first-order chi connectivity index (χ1) is 11.2. The van der Waals surface area contributed by atoms with Crippen molar-refractivity contribution >= 4 is 42.6 Å². The predicted octanol–water partition coefficient (Wildman–Crippen LogP) is 2.52. The van der Waals surface area contributed by atoms with Crippen LogP contribution in [-0.2, 0) is 14.8 Å². The van der Waals surface area contributed by atoms with Crippen molar-refractivity contribution in [1.82, 2.24) is 9.29 Å². The molecule has 0 radical (unpaired) electrons. The van der Waals surface area contributed by atoms with E-state index in [-0.39, 0.29) is 11.8 Å². The van der Waals surface area contributed by atoms with Crippen LogP contribution in [0.25, 0.3) is 10.2 Å². The van der Waals surface area contributed by atoms with E-state index in [0.29, 0.717) is 31.1 Å². The zero-order valence-electron chi connectivity index (χ0n) is 14.0. The molecule has 1 saturated heterocycles. The van der Waals surface area contributed by atoms with Gasteiger partial charge in [-0.1, -0.05) is 11.3 Å². The number of carbonyl (C=O) groups is 1. The lowest BCUT2D eigenvalue weighted by molar-refractivity contribution is -0.120. The standard InChI is InChI=1S/C16H21N3O3S2/c1-10-8-13-14(9-11(10)2)23-16(17-13)18-15(20)12-4-6-19(7-5-12)24(3,21)22/h8-9,12H,4-7H2,1-3H3,(H,17,18,20).